The average Bonchev–Trinajstić information content (AvgIpc) is 2.84. The lowest BCUT2D eigenvalue weighted by molar-refractivity contribution is -0.274. The van der Waals surface area contributed by atoms with Crippen LogP contribution in [0.1, 0.15) is 37.8 Å². The number of hydrogen-bond donors (Lipinski definition) is 2. The molecular weight excluding hydrogens is 501 g/mol. The molecule has 0 fully saturated rings. The summed E-state index contributed by atoms with van der Waals surface area (Å²) < 4.78 is 40.9. The molecule has 0 atom stereocenters. The molecule has 0 saturated heterocycles. The number of para-hydroxylation sites is 1. The maximum Gasteiger partial charge on any atom is 0.573 e. The highest BCUT2D eigenvalue weighted by molar-refractivity contribution is 7.80. The van der Waals surface area contributed by atoms with E-state index in [2.05, 4.69) is 50.5 Å². The number of hydrogen-bond acceptors (Lipinski definition) is 6. The Bertz CT molecular complexity index is 1260. The summed E-state index contributed by atoms with van der Waals surface area (Å²) in [6, 6.07) is 13.4. The molecule has 2 N–H and O–H groups in total. The molecular formula is C26H27F3N6OS. The van der Waals surface area contributed by atoms with Crippen molar-refractivity contribution in [2.24, 2.45) is 5.10 Å². The van der Waals surface area contributed by atoms with Crippen LogP contribution in [-0.2, 0) is 0 Å². The first-order chi connectivity index (χ1) is 17.5. The van der Waals surface area contributed by atoms with E-state index in [0.717, 1.165) is 22.4 Å². The fourth-order valence-corrected chi connectivity index (χ4v) is 3.49. The van der Waals surface area contributed by atoms with Gasteiger partial charge in [0.2, 0.25) is 5.95 Å². The first-order valence-corrected chi connectivity index (χ1v) is 11.7. The first kappa shape index (κ1) is 27.6. The van der Waals surface area contributed by atoms with Crippen LogP contribution < -0.4 is 20.4 Å². The number of ether oxygens (including phenoxy) is 1. The van der Waals surface area contributed by atoms with Gasteiger partial charge in [0.15, 0.2) is 5.11 Å². The van der Waals surface area contributed by atoms with Gasteiger partial charge >= 0.3 is 6.36 Å². The number of anilines is 3. The minimum atomic E-state index is -4.73. The van der Waals surface area contributed by atoms with Crippen molar-refractivity contribution in [2.45, 2.75) is 33.1 Å². The molecule has 0 radical (unpaired) electrons. The number of thiocarbonyl (C=S) groups is 1. The second-order valence-electron chi connectivity index (χ2n) is 8.37. The second-order valence-corrected chi connectivity index (χ2v) is 8.78. The highest BCUT2D eigenvalue weighted by Crippen LogP contribution is 2.27. The Morgan fingerprint density at radius 3 is 2.35 bits per heavy atom. The van der Waals surface area contributed by atoms with Gasteiger partial charge in [-0.2, -0.15) is 5.10 Å². The van der Waals surface area contributed by atoms with Gasteiger partial charge in [-0.05, 0) is 72.6 Å². The van der Waals surface area contributed by atoms with Crippen LogP contribution in [0.25, 0.3) is 6.08 Å². The molecule has 0 aliphatic carbocycles. The van der Waals surface area contributed by atoms with Crippen molar-refractivity contribution in [3.63, 3.8) is 0 Å². The topological polar surface area (TPSA) is 74.7 Å². The highest BCUT2D eigenvalue weighted by Gasteiger charge is 2.31. The summed E-state index contributed by atoms with van der Waals surface area (Å²) in [5.74, 6) is 0.439. The molecule has 0 aliphatic heterocycles. The number of allylic oxidation sites excluding steroid dienone is 1. The number of nitrogens with zero attached hydrogens (tertiary/aromatic N) is 4. The number of aromatic nitrogens is 2. The maximum absolute atomic E-state index is 12.3. The third kappa shape index (κ3) is 8.57. The standard InChI is InChI=1S/C26H27F3N6OS/c1-17(2)22-7-5-6-8-23(22)33-25(37)34-32-14-18(3)13-19-15-30-24(31-16-19)35(4)20-9-11-21(12-10-20)36-26(27,28)29/h5-17H,1-4H3,(H2,33,34,37)/b18-13+,32-14+. The van der Waals surface area contributed by atoms with Crippen molar-refractivity contribution in [2.75, 3.05) is 17.3 Å². The average molecular weight is 529 g/mol. The lowest BCUT2D eigenvalue weighted by Gasteiger charge is -2.17. The van der Waals surface area contributed by atoms with Crippen LogP contribution in [-0.4, -0.2) is 34.7 Å². The Morgan fingerprint density at radius 2 is 1.73 bits per heavy atom. The van der Waals surface area contributed by atoms with Gasteiger partial charge in [-0.15, -0.1) is 13.2 Å². The fraction of sp³-hybridized carbons (Fsp3) is 0.231. The van der Waals surface area contributed by atoms with Crippen LogP contribution in [0, 0.1) is 0 Å². The van der Waals surface area contributed by atoms with Crippen LogP contribution in [0.15, 0.2) is 71.6 Å². The van der Waals surface area contributed by atoms with Crippen molar-refractivity contribution in [3.8, 4) is 5.75 Å². The molecule has 2 aromatic carbocycles. The van der Waals surface area contributed by atoms with Gasteiger partial charge in [-0.3, -0.25) is 5.43 Å². The Labute approximate surface area is 219 Å². The zero-order chi connectivity index (χ0) is 27.0. The minimum absolute atomic E-state index is 0.297. The van der Waals surface area contributed by atoms with Crippen LogP contribution in [0.4, 0.5) is 30.5 Å². The Hall–Kier alpha value is -3.99. The predicted molar refractivity (Wildman–Crippen MR) is 145 cm³/mol. The van der Waals surface area contributed by atoms with E-state index >= 15 is 0 Å². The van der Waals surface area contributed by atoms with Crippen LogP contribution in [0.5, 0.6) is 5.75 Å². The Kier molecular flexibility index (Phi) is 9.18. The number of alkyl halides is 3. The molecule has 194 valence electrons. The molecule has 3 aromatic rings. The summed E-state index contributed by atoms with van der Waals surface area (Å²) in [5.41, 5.74) is 7.10. The third-order valence-corrected chi connectivity index (χ3v) is 5.27. The molecule has 0 amide bonds. The number of rotatable bonds is 8. The number of halogens is 3. The fourth-order valence-electron chi connectivity index (χ4n) is 3.32. The first-order valence-electron chi connectivity index (χ1n) is 11.3. The normalized spacial score (nSPS) is 12.1. The summed E-state index contributed by atoms with van der Waals surface area (Å²) in [5, 5.41) is 7.72. The lowest BCUT2D eigenvalue weighted by atomic mass is 10.0. The van der Waals surface area contributed by atoms with Crippen LogP contribution in [0.3, 0.4) is 0 Å². The van der Waals surface area contributed by atoms with Gasteiger partial charge in [0.1, 0.15) is 5.75 Å². The van der Waals surface area contributed by atoms with E-state index in [9.17, 15) is 13.2 Å². The quantitative estimate of drug-likeness (QED) is 0.193. The summed E-state index contributed by atoms with van der Waals surface area (Å²) in [7, 11) is 1.71. The van der Waals surface area contributed by atoms with Gasteiger partial charge in [0.25, 0.3) is 0 Å². The van der Waals surface area contributed by atoms with E-state index < -0.39 is 6.36 Å². The van der Waals surface area contributed by atoms with Crippen molar-refractivity contribution < 1.29 is 17.9 Å². The second kappa shape index (κ2) is 12.3. The molecule has 0 aliphatic rings. The summed E-state index contributed by atoms with van der Waals surface area (Å²) in [6.45, 7) is 6.11. The van der Waals surface area contributed by atoms with Gasteiger partial charge in [-0.25, -0.2) is 9.97 Å². The van der Waals surface area contributed by atoms with Crippen molar-refractivity contribution in [1.82, 2.24) is 15.4 Å². The van der Waals surface area contributed by atoms with E-state index in [4.69, 9.17) is 12.2 Å². The molecule has 0 spiro atoms. The van der Waals surface area contributed by atoms with Crippen molar-refractivity contribution in [1.29, 1.82) is 0 Å². The zero-order valence-corrected chi connectivity index (χ0v) is 21.6. The molecule has 1 heterocycles. The van der Waals surface area contributed by atoms with E-state index in [1.165, 1.54) is 24.3 Å². The molecule has 0 unspecified atom stereocenters. The van der Waals surface area contributed by atoms with Crippen LogP contribution in [0.2, 0.25) is 0 Å². The number of benzene rings is 2. The number of hydrazone groups is 1. The molecule has 11 heteroatoms. The van der Waals surface area contributed by atoms with Crippen molar-refractivity contribution >= 4 is 46.9 Å². The van der Waals surface area contributed by atoms with Gasteiger partial charge in [0, 0.05) is 36.4 Å². The van der Waals surface area contributed by atoms with Gasteiger partial charge in [0.05, 0.1) is 6.21 Å². The van der Waals surface area contributed by atoms with Crippen molar-refractivity contribution in [3.05, 3.63) is 77.6 Å². The zero-order valence-electron chi connectivity index (χ0n) is 20.7. The maximum atomic E-state index is 12.3. The molecule has 0 saturated carbocycles. The van der Waals surface area contributed by atoms with E-state index in [1.54, 1.807) is 30.6 Å². The molecule has 0 bridgehead atoms. The predicted octanol–water partition coefficient (Wildman–Crippen LogP) is 6.64. The summed E-state index contributed by atoms with van der Waals surface area (Å²) >= 11 is 5.34. The van der Waals surface area contributed by atoms with Gasteiger partial charge in [-0.1, -0.05) is 32.0 Å². The number of nitrogens with one attached hydrogen (secondary N) is 2. The van der Waals surface area contributed by atoms with E-state index in [1.807, 2.05) is 31.2 Å². The third-order valence-electron chi connectivity index (χ3n) is 5.08. The minimum Gasteiger partial charge on any atom is -0.406 e. The monoisotopic (exact) mass is 528 g/mol. The van der Waals surface area contributed by atoms with Gasteiger partial charge < -0.3 is 15.0 Å². The Morgan fingerprint density at radius 1 is 1.08 bits per heavy atom. The smallest absolute Gasteiger partial charge is 0.406 e. The molecule has 37 heavy (non-hydrogen) atoms. The highest BCUT2D eigenvalue weighted by atomic mass is 32.1. The van der Waals surface area contributed by atoms with E-state index in [-0.39, 0.29) is 5.75 Å². The molecule has 7 nitrogen and oxygen atoms in total. The lowest BCUT2D eigenvalue weighted by Crippen LogP contribution is -2.24. The molecule has 3 rings (SSSR count). The SMILES string of the molecule is CC(/C=N/NC(=S)Nc1ccccc1C(C)C)=C\c1cnc(N(C)c2ccc(OC(F)(F)F)cc2)nc1. The largest absolute Gasteiger partial charge is 0.573 e. The summed E-state index contributed by atoms with van der Waals surface area (Å²) in [6.07, 6.45) is 2.02. The van der Waals surface area contributed by atoms with E-state index in [0.29, 0.717) is 22.7 Å². The molecule has 1 aromatic heterocycles. The van der Waals surface area contributed by atoms with Crippen LogP contribution >= 0.6 is 12.2 Å². The summed E-state index contributed by atoms with van der Waals surface area (Å²) in [4.78, 5) is 10.3. The Balaban J connectivity index is 1.56.